The molecule has 1 amide bonds. The molecule has 1 aliphatic rings. The van der Waals surface area contributed by atoms with E-state index >= 15 is 0 Å². The molecule has 92 valence electrons. The lowest BCUT2D eigenvalue weighted by molar-refractivity contribution is -0.128. The number of likely N-dealkylation sites (N-methyl/N-ethyl adjacent to an activating group) is 1. The van der Waals surface area contributed by atoms with Gasteiger partial charge in [0.05, 0.1) is 6.04 Å². The highest BCUT2D eigenvalue weighted by atomic mass is 19.1. The van der Waals surface area contributed by atoms with Gasteiger partial charge in [-0.1, -0.05) is 12.1 Å². The Morgan fingerprint density at radius 3 is 2.59 bits per heavy atom. The SMILES string of the molecule is CC(NC1CCN(C)C1=O)c1ccc(F)cc1. The Balaban J connectivity index is 1.99. The Hall–Kier alpha value is -1.42. The maximum atomic E-state index is 12.8. The average molecular weight is 236 g/mol. The molecular weight excluding hydrogens is 219 g/mol. The summed E-state index contributed by atoms with van der Waals surface area (Å²) in [5.41, 5.74) is 0.994. The van der Waals surface area contributed by atoms with Crippen LogP contribution in [0, 0.1) is 5.82 Å². The van der Waals surface area contributed by atoms with Crippen molar-refractivity contribution in [2.24, 2.45) is 0 Å². The molecule has 0 bridgehead atoms. The minimum Gasteiger partial charge on any atom is -0.344 e. The van der Waals surface area contributed by atoms with Crippen molar-refractivity contribution in [1.29, 1.82) is 0 Å². The molecule has 2 unspecified atom stereocenters. The van der Waals surface area contributed by atoms with Crippen molar-refractivity contribution in [2.45, 2.75) is 25.4 Å². The van der Waals surface area contributed by atoms with Gasteiger partial charge in [-0.15, -0.1) is 0 Å². The summed E-state index contributed by atoms with van der Waals surface area (Å²) in [6.45, 7) is 2.78. The smallest absolute Gasteiger partial charge is 0.239 e. The molecule has 0 saturated carbocycles. The van der Waals surface area contributed by atoms with Crippen LogP contribution in [-0.4, -0.2) is 30.4 Å². The monoisotopic (exact) mass is 236 g/mol. The molecule has 1 fully saturated rings. The number of hydrogen-bond donors (Lipinski definition) is 1. The van der Waals surface area contributed by atoms with Crippen LogP contribution in [0.1, 0.15) is 24.9 Å². The summed E-state index contributed by atoms with van der Waals surface area (Å²) in [6.07, 6.45) is 0.834. The number of likely N-dealkylation sites (tertiary alicyclic amines) is 1. The molecule has 17 heavy (non-hydrogen) atoms. The van der Waals surface area contributed by atoms with Crippen LogP contribution in [0.25, 0.3) is 0 Å². The molecule has 0 aliphatic carbocycles. The van der Waals surface area contributed by atoms with E-state index in [0.29, 0.717) is 0 Å². The molecule has 1 aliphatic heterocycles. The van der Waals surface area contributed by atoms with Crippen LogP contribution in [0.2, 0.25) is 0 Å². The predicted octanol–water partition coefficient (Wildman–Crippen LogP) is 1.71. The number of nitrogens with zero attached hydrogens (tertiary/aromatic N) is 1. The number of carbonyl (C=O) groups is 1. The first-order chi connectivity index (χ1) is 8.08. The van der Waals surface area contributed by atoms with Gasteiger partial charge in [0.2, 0.25) is 5.91 Å². The summed E-state index contributed by atoms with van der Waals surface area (Å²) in [5.74, 6) is -0.100. The van der Waals surface area contributed by atoms with Crippen molar-refractivity contribution < 1.29 is 9.18 Å². The largest absolute Gasteiger partial charge is 0.344 e. The van der Waals surface area contributed by atoms with E-state index < -0.39 is 0 Å². The first kappa shape index (κ1) is 12.0. The Kier molecular flexibility index (Phi) is 3.43. The van der Waals surface area contributed by atoms with Gasteiger partial charge in [-0.3, -0.25) is 10.1 Å². The number of carbonyl (C=O) groups excluding carboxylic acids is 1. The van der Waals surface area contributed by atoms with Crippen LogP contribution in [0.4, 0.5) is 4.39 Å². The van der Waals surface area contributed by atoms with Crippen LogP contribution >= 0.6 is 0 Å². The molecule has 1 heterocycles. The minimum absolute atomic E-state index is 0.0519. The Morgan fingerprint density at radius 2 is 2.06 bits per heavy atom. The van der Waals surface area contributed by atoms with Gasteiger partial charge in [0, 0.05) is 19.6 Å². The molecule has 0 spiro atoms. The van der Waals surface area contributed by atoms with Gasteiger partial charge in [-0.2, -0.15) is 0 Å². The zero-order valence-corrected chi connectivity index (χ0v) is 10.1. The van der Waals surface area contributed by atoms with Crippen LogP contribution < -0.4 is 5.32 Å². The Morgan fingerprint density at radius 1 is 1.41 bits per heavy atom. The molecule has 1 aromatic carbocycles. The van der Waals surface area contributed by atoms with E-state index in [4.69, 9.17) is 0 Å². The number of halogens is 1. The summed E-state index contributed by atoms with van der Waals surface area (Å²) in [6, 6.07) is 6.31. The highest BCUT2D eigenvalue weighted by Gasteiger charge is 2.29. The second kappa shape index (κ2) is 4.84. The van der Waals surface area contributed by atoms with Crippen LogP contribution in [0.5, 0.6) is 0 Å². The lowest BCUT2D eigenvalue weighted by Crippen LogP contribution is -2.38. The van der Waals surface area contributed by atoms with Crippen LogP contribution in [0.15, 0.2) is 24.3 Å². The molecule has 0 aromatic heterocycles. The fourth-order valence-electron chi connectivity index (χ4n) is 2.13. The van der Waals surface area contributed by atoms with E-state index in [1.165, 1.54) is 12.1 Å². The first-order valence-electron chi connectivity index (χ1n) is 5.84. The summed E-state index contributed by atoms with van der Waals surface area (Å²) in [4.78, 5) is 13.5. The van der Waals surface area contributed by atoms with Crippen LogP contribution in [0.3, 0.4) is 0 Å². The van der Waals surface area contributed by atoms with E-state index in [2.05, 4.69) is 5.32 Å². The van der Waals surface area contributed by atoms with Crippen molar-refractivity contribution >= 4 is 5.91 Å². The fourth-order valence-corrected chi connectivity index (χ4v) is 2.13. The lowest BCUT2D eigenvalue weighted by Gasteiger charge is -2.18. The van der Waals surface area contributed by atoms with Gasteiger partial charge >= 0.3 is 0 Å². The normalized spacial score (nSPS) is 21.9. The quantitative estimate of drug-likeness (QED) is 0.866. The second-order valence-corrected chi connectivity index (χ2v) is 4.54. The summed E-state index contributed by atoms with van der Waals surface area (Å²) < 4.78 is 12.8. The van der Waals surface area contributed by atoms with Gasteiger partial charge in [0.1, 0.15) is 5.82 Å². The second-order valence-electron chi connectivity index (χ2n) is 4.54. The lowest BCUT2D eigenvalue weighted by atomic mass is 10.1. The molecule has 3 nitrogen and oxygen atoms in total. The maximum Gasteiger partial charge on any atom is 0.239 e. The molecule has 1 N–H and O–H groups in total. The Labute approximate surface area is 101 Å². The van der Waals surface area contributed by atoms with Crippen molar-refractivity contribution in [1.82, 2.24) is 10.2 Å². The number of nitrogens with one attached hydrogen (secondary N) is 1. The van der Waals surface area contributed by atoms with E-state index in [9.17, 15) is 9.18 Å². The minimum atomic E-state index is -0.238. The number of amides is 1. The number of hydrogen-bond acceptors (Lipinski definition) is 2. The standard InChI is InChI=1S/C13H17FN2O/c1-9(10-3-5-11(14)6-4-10)15-12-7-8-16(2)13(12)17/h3-6,9,12,15H,7-8H2,1-2H3. The third-order valence-corrected chi connectivity index (χ3v) is 3.25. The Bertz CT molecular complexity index is 404. The van der Waals surface area contributed by atoms with E-state index in [-0.39, 0.29) is 23.8 Å². The van der Waals surface area contributed by atoms with Crippen molar-refractivity contribution in [2.75, 3.05) is 13.6 Å². The van der Waals surface area contributed by atoms with E-state index in [1.807, 2.05) is 14.0 Å². The maximum absolute atomic E-state index is 12.8. The average Bonchev–Trinajstić information content (AvgIpc) is 2.62. The topological polar surface area (TPSA) is 32.3 Å². The fraction of sp³-hybridized carbons (Fsp3) is 0.462. The third kappa shape index (κ3) is 2.64. The summed E-state index contributed by atoms with van der Waals surface area (Å²) >= 11 is 0. The van der Waals surface area contributed by atoms with E-state index in [1.54, 1.807) is 17.0 Å². The molecule has 1 aromatic rings. The van der Waals surface area contributed by atoms with Crippen LogP contribution in [-0.2, 0) is 4.79 Å². The molecule has 1 saturated heterocycles. The first-order valence-corrected chi connectivity index (χ1v) is 5.84. The molecule has 4 heteroatoms. The van der Waals surface area contributed by atoms with Gasteiger partial charge < -0.3 is 4.90 Å². The zero-order chi connectivity index (χ0) is 12.4. The zero-order valence-electron chi connectivity index (χ0n) is 10.1. The van der Waals surface area contributed by atoms with Gasteiger partial charge in [-0.25, -0.2) is 4.39 Å². The molecule has 0 radical (unpaired) electrons. The number of benzene rings is 1. The highest BCUT2D eigenvalue weighted by molar-refractivity contribution is 5.83. The van der Waals surface area contributed by atoms with Crippen molar-refractivity contribution in [3.63, 3.8) is 0 Å². The van der Waals surface area contributed by atoms with Crippen molar-refractivity contribution in [3.8, 4) is 0 Å². The van der Waals surface area contributed by atoms with Gasteiger partial charge in [0.15, 0.2) is 0 Å². The molecule has 2 rings (SSSR count). The van der Waals surface area contributed by atoms with Gasteiger partial charge in [-0.05, 0) is 31.0 Å². The number of rotatable bonds is 3. The summed E-state index contributed by atoms with van der Waals surface area (Å²) in [5, 5.41) is 3.28. The third-order valence-electron chi connectivity index (χ3n) is 3.25. The summed E-state index contributed by atoms with van der Waals surface area (Å²) in [7, 11) is 1.81. The van der Waals surface area contributed by atoms with Crippen molar-refractivity contribution in [3.05, 3.63) is 35.6 Å². The van der Waals surface area contributed by atoms with E-state index in [0.717, 1.165) is 18.5 Å². The van der Waals surface area contributed by atoms with Gasteiger partial charge in [0.25, 0.3) is 0 Å². The molecule has 2 atom stereocenters. The highest BCUT2D eigenvalue weighted by Crippen LogP contribution is 2.17. The predicted molar refractivity (Wildman–Crippen MR) is 64.0 cm³/mol. The molecular formula is C13H17FN2O.